The van der Waals surface area contributed by atoms with Crippen molar-refractivity contribution in [2.75, 3.05) is 6.54 Å². The van der Waals surface area contributed by atoms with Gasteiger partial charge in [-0.25, -0.2) is 0 Å². The molecule has 18 heavy (non-hydrogen) atoms. The summed E-state index contributed by atoms with van der Waals surface area (Å²) >= 11 is 0. The minimum Gasteiger partial charge on any atom is -0.328 e. The van der Waals surface area contributed by atoms with Crippen molar-refractivity contribution >= 4 is 0 Å². The van der Waals surface area contributed by atoms with Gasteiger partial charge in [0, 0.05) is 18.1 Å². The summed E-state index contributed by atoms with van der Waals surface area (Å²) in [6.45, 7) is 6.02. The monoisotopic (exact) mass is 252 g/mol. The number of hydrogen-bond donors (Lipinski definition) is 1. The molecule has 2 saturated carbocycles. The molecular weight excluding hydrogens is 220 g/mol. The van der Waals surface area contributed by atoms with E-state index in [2.05, 4.69) is 18.7 Å². The first-order valence-electron chi connectivity index (χ1n) is 8.27. The number of rotatable bonds is 5. The minimum atomic E-state index is 0.482. The van der Waals surface area contributed by atoms with Gasteiger partial charge in [-0.1, -0.05) is 26.7 Å². The van der Waals surface area contributed by atoms with Crippen LogP contribution in [-0.4, -0.2) is 29.6 Å². The van der Waals surface area contributed by atoms with Gasteiger partial charge in [0.05, 0.1) is 0 Å². The molecule has 0 aliphatic heterocycles. The van der Waals surface area contributed by atoms with Crippen LogP contribution in [0.3, 0.4) is 0 Å². The predicted molar refractivity (Wildman–Crippen MR) is 78.6 cm³/mol. The van der Waals surface area contributed by atoms with Crippen LogP contribution in [0.1, 0.15) is 71.6 Å². The largest absolute Gasteiger partial charge is 0.328 e. The summed E-state index contributed by atoms with van der Waals surface area (Å²) in [7, 11) is 0. The molecule has 0 aromatic carbocycles. The van der Waals surface area contributed by atoms with E-state index in [1.54, 1.807) is 0 Å². The van der Waals surface area contributed by atoms with Crippen molar-refractivity contribution in [1.29, 1.82) is 0 Å². The lowest BCUT2D eigenvalue weighted by atomic mass is 9.88. The SMILES string of the molecule is CCCN(C1CCC(N)CC1)C1CCCC1CC. The molecule has 0 aromatic rings. The second-order valence-electron chi connectivity index (χ2n) is 6.47. The molecule has 0 saturated heterocycles. The minimum absolute atomic E-state index is 0.482. The highest BCUT2D eigenvalue weighted by molar-refractivity contribution is 4.90. The van der Waals surface area contributed by atoms with E-state index >= 15 is 0 Å². The maximum Gasteiger partial charge on any atom is 0.0126 e. The molecule has 2 nitrogen and oxygen atoms in total. The van der Waals surface area contributed by atoms with Gasteiger partial charge in [-0.15, -0.1) is 0 Å². The van der Waals surface area contributed by atoms with Crippen molar-refractivity contribution < 1.29 is 0 Å². The van der Waals surface area contributed by atoms with E-state index in [1.165, 1.54) is 64.3 Å². The zero-order valence-electron chi connectivity index (χ0n) is 12.4. The van der Waals surface area contributed by atoms with Crippen molar-refractivity contribution in [3.63, 3.8) is 0 Å². The van der Waals surface area contributed by atoms with Crippen molar-refractivity contribution in [1.82, 2.24) is 4.90 Å². The third-order valence-corrected chi connectivity index (χ3v) is 5.26. The predicted octanol–water partition coefficient (Wildman–Crippen LogP) is 3.55. The smallest absolute Gasteiger partial charge is 0.0126 e. The van der Waals surface area contributed by atoms with Gasteiger partial charge in [0.1, 0.15) is 0 Å². The van der Waals surface area contributed by atoms with Crippen LogP contribution in [0.2, 0.25) is 0 Å². The molecule has 0 aromatic heterocycles. The van der Waals surface area contributed by atoms with E-state index in [0.29, 0.717) is 6.04 Å². The van der Waals surface area contributed by atoms with E-state index in [9.17, 15) is 0 Å². The van der Waals surface area contributed by atoms with Gasteiger partial charge in [0.25, 0.3) is 0 Å². The lowest BCUT2D eigenvalue weighted by Crippen LogP contribution is -2.48. The first-order chi connectivity index (χ1) is 8.76. The average Bonchev–Trinajstić information content (AvgIpc) is 2.85. The quantitative estimate of drug-likeness (QED) is 0.811. The van der Waals surface area contributed by atoms with Crippen molar-refractivity contribution in [2.24, 2.45) is 11.7 Å². The molecular formula is C16H32N2. The Morgan fingerprint density at radius 3 is 2.33 bits per heavy atom. The van der Waals surface area contributed by atoms with Gasteiger partial charge < -0.3 is 5.73 Å². The lowest BCUT2D eigenvalue weighted by Gasteiger charge is -2.42. The molecule has 2 rings (SSSR count). The molecule has 2 N–H and O–H groups in total. The van der Waals surface area contributed by atoms with Crippen LogP contribution in [-0.2, 0) is 0 Å². The fourth-order valence-electron chi connectivity index (χ4n) is 4.24. The van der Waals surface area contributed by atoms with E-state index in [-0.39, 0.29) is 0 Å². The zero-order chi connectivity index (χ0) is 13.0. The molecule has 2 heteroatoms. The maximum atomic E-state index is 6.06. The molecule has 2 aliphatic carbocycles. The summed E-state index contributed by atoms with van der Waals surface area (Å²) in [5, 5.41) is 0. The van der Waals surface area contributed by atoms with Gasteiger partial charge >= 0.3 is 0 Å². The fraction of sp³-hybridized carbons (Fsp3) is 1.00. The summed E-state index contributed by atoms with van der Waals surface area (Å²) in [4.78, 5) is 2.88. The zero-order valence-corrected chi connectivity index (χ0v) is 12.4. The van der Waals surface area contributed by atoms with Gasteiger partial charge in [-0.2, -0.15) is 0 Å². The van der Waals surface area contributed by atoms with Crippen LogP contribution in [0.5, 0.6) is 0 Å². The maximum absolute atomic E-state index is 6.06. The molecule has 2 atom stereocenters. The number of hydrogen-bond acceptors (Lipinski definition) is 2. The van der Waals surface area contributed by atoms with Crippen LogP contribution in [0.4, 0.5) is 0 Å². The van der Waals surface area contributed by atoms with Gasteiger partial charge in [-0.3, -0.25) is 4.90 Å². The van der Waals surface area contributed by atoms with Crippen molar-refractivity contribution in [3.05, 3.63) is 0 Å². The molecule has 2 aliphatic rings. The molecule has 0 heterocycles. The van der Waals surface area contributed by atoms with Gasteiger partial charge in [-0.05, 0) is 57.4 Å². The Labute approximate surface area is 113 Å². The van der Waals surface area contributed by atoms with E-state index in [4.69, 9.17) is 5.73 Å². The Balaban J connectivity index is 1.98. The second-order valence-corrected chi connectivity index (χ2v) is 6.47. The van der Waals surface area contributed by atoms with Gasteiger partial charge in [0.2, 0.25) is 0 Å². The summed E-state index contributed by atoms with van der Waals surface area (Å²) in [6.07, 6.45) is 12.2. The van der Waals surface area contributed by atoms with Crippen LogP contribution >= 0.6 is 0 Å². The average molecular weight is 252 g/mol. The Hall–Kier alpha value is -0.0800. The summed E-state index contributed by atoms with van der Waals surface area (Å²) < 4.78 is 0. The van der Waals surface area contributed by atoms with Gasteiger partial charge in [0.15, 0.2) is 0 Å². The molecule has 2 unspecified atom stereocenters. The first-order valence-corrected chi connectivity index (χ1v) is 8.27. The van der Waals surface area contributed by atoms with E-state index in [1.807, 2.05) is 0 Å². The fourth-order valence-corrected chi connectivity index (χ4v) is 4.24. The highest BCUT2D eigenvalue weighted by Crippen LogP contribution is 2.36. The lowest BCUT2D eigenvalue weighted by molar-refractivity contribution is 0.0771. The highest BCUT2D eigenvalue weighted by Gasteiger charge is 2.35. The third kappa shape index (κ3) is 3.27. The highest BCUT2D eigenvalue weighted by atomic mass is 15.2. The molecule has 106 valence electrons. The third-order valence-electron chi connectivity index (χ3n) is 5.26. The van der Waals surface area contributed by atoms with Crippen LogP contribution in [0.15, 0.2) is 0 Å². The molecule has 0 spiro atoms. The van der Waals surface area contributed by atoms with E-state index < -0.39 is 0 Å². The Bertz CT molecular complexity index is 233. The first kappa shape index (κ1) is 14.3. The molecule has 0 bridgehead atoms. The summed E-state index contributed by atoms with van der Waals surface area (Å²) in [5.41, 5.74) is 6.06. The van der Waals surface area contributed by atoms with Crippen LogP contribution in [0.25, 0.3) is 0 Å². The standard InChI is InChI=1S/C16H32N2/c1-3-12-18(15-10-8-14(17)9-11-15)16-7-5-6-13(16)4-2/h13-16H,3-12,17H2,1-2H3. The van der Waals surface area contributed by atoms with Crippen LogP contribution < -0.4 is 5.73 Å². The number of nitrogens with zero attached hydrogens (tertiary/aromatic N) is 1. The van der Waals surface area contributed by atoms with Crippen LogP contribution in [0, 0.1) is 5.92 Å². The molecule has 0 amide bonds. The Morgan fingerprint density at radius 1 is 1.00 bits per heavy atom. The van der Waals surface area contributed by atoms with E-state index in [0.717, 1.165) is 18.0 Å². The van der Waals surface area contributed by atoms with Crippen molar-refractivity contribution in [2.45, 2.75) is 89.8 Å². The molecule has 2 fully saturated rings. The Kier molecular flexibility index (Phi) is 5.50. The topological polar surface area (TPSA) is 29.3 Å². The van der Waals surface area contributed by atoms with Crippen molar-refractivity contribution in [3.8, 4) is 0 Å². The second kappa shape index (κ2) is 6.91. The molecule has 0 radical (unpaired) electrons. The summed E-state index contributed by atoms with van der Waals surface area (Å²) in [5.74, 6) is 0.965. The Morgan fingerprint density at radius 2 is 1.72 bits per heavy atom. The number of nitrogens with two attached hydrogens (primary N) is 1. The summed E-state index contributed by atoms with van der Waals surface area (Å²) in [6, 6.07) is 2.20. The normalized spacial score (nSPS) is 37.3.